The molecule has 2 saturated heterocycles. The van der Waals surface area contributed by atoms with Crippen molar-refractivity contribution in [1.82, 2.24) is 31.1 Å². The van der Waals surface area contributed by atoms with Gasteiger partial charge in [-0.05, 0) is 99.2 Å². The highest BCUT2D eigenvalue weighted by atomic mass is 32.2. The lowest BCUT2D eigenvalue weighted by Gasteiger charge is -2.48. The average molecular weight is 1500 g/mol. The number of hydrogen-bond acceptors (Lipinski definition) is 16. The minimum Gasteiger partial charge on any atom is -0.458 e. The maximum Gasteiger partial charge on any atom is 0.373 e. The summed E-state index contributed by atoms with van der Waals surface area (Å²) in [7, 11) is 0. The molecule has 6 N–H and O–H groups in total. The summed E-state index contributed by atoms with van der Waals surface area (Å²) in [5.74, 6) is -5.93. The van der Waals surface area contributed by atoms with E-state index < -0.39 is 135 Å². The van der Waals surface area contributed by atoms with E-state index in [1.807, 2.05) is 260 Å². The fourth-order valence-corrected chi connectivity index (χ4v) is 17.0. The van der Waals surface area contributed by atoms with Gasteiger partial charge in [-0.1, -0.05) is 248 Å². The molecule has 7 aromatic carbocycles. The normalized spacial score (nSPS) is 19.2. The van der Waals surface area contributed by atoms with Gasteiger partial charge >= 0.3 is 12.1 Å². The number of hydrogen-bond donors (Lipinski definition) is 6. The van der Waals surface area contributed by atoms with E-state index in [2.05, 4.69) is 26.6 Å². The highest BCUT2D eigenvalue weighted by Crippen LogP contribution is 2.57. The molecule has 2 fully saturated rings. The van der Waals surface area contributed by atoms with Crippen LogP contribution in [-0.2, 0) is 73.3 Å². The molecule has 3 unspecified atom stereocenters. The third-order valence-corrected chi connectivity index (χ3v) is 22.6. The quantitative estimate of drug-likeness (QED) is 0.0169. The monoisotopic (exact) mass is 1500 g/mol. The Labute approximate surface area is 645 Å². The molecule has 576 valence electrons. The van der Waals surface area contributed by atoms with Crippen LogP contribution in [0.1, 0.15) is 166 Å². The summed E-state index contributed by atoms with van der Waals surface area (Å²) in [4.78, 5) is 138. The number of nitrogens with one attached hydrogen (secondary N) is 5. The van der Waals surface area contributed by atoms with E-state index in [0.717, 1.165) is 39.1 Å². The van der Waals surface area contributed by atoms with Crippen molar-refractivity contribution in [2.45, 2.75) is 197 Å². The van der Waals surface area contributed by atoms with E-state index in [1.54, 1.807) is 27.7 Å². The number of rotatable bonds is 32. The van der Waals surface area contributed by atoms with E-state index in [1.165, 1.54) is 16.7 Å². The first-order valence-electron chi connectivity index (χ1n) is 37.8. The lowest BCUT2D eigenvalue weighted by molar-refractivity contribution is -0.192. The first-order chi connectivity index (χ1) is 52.1. The van der Waals surface area contributed by atoms with Crippen molar-refractivity contribution in [2.75, 3.05) is 24.2 Å². The van der Waals surface area contributed by atoms with Gasteiger partial charge in [0.05, 0.1) is 46.7 Å². The highest BCUT2D eigenvalue weighted by molar-refractivity contribution is 8.00. The molecular weight excluding hydrogens is 1400 g/mol. The molecule has 0 aromatic heterocycles. The van der Waals surface area contributed by atoms with Crippen molar-refractivity contribution in [2.24, 2.45) is 17.8 Å². The zero-order chi connectivity index (χ0) is 78.8. The molecule has 11 atom stereocenters. The predicted molar refractivity (Wildman–Crippen MR) is 420 cm³/mol. The van der Waals surface area contributed by atoms with Crippen molar-refractivity contribution in [1.29, 1.82) is 0 Å². The number of thioether (sulfide) groups is 1. The molecule has 21 heteroatoms. The average Bonchev–Trinajstić information content (AvgIpc) is 1.54. The molecule has 7 aromatic rings. The lowest BCUT2D eigenvalue weighted by Crippen LogP contribution is -2.60. The second kappa shape index (κ2) is 37.0. The number of para-hydroxylation sites is 1. The second-order valence-corrected chi connectivity index (χ2v) is 31.9. The number of ketones is 2. The number of amides is 5. The van der Waals surface area contributed by atoms with Crippen molar-refractivity contribution in [3.05, 3.63) is 245 Å². The van der Waals surface area contributed by atoms with Crippen LogP contribution in [0.3, 0.4) is 0 Å². The largest absolute Gasteiger partial charge is 0.458 e. The smallest absolute Gasteiger partial charge is 0.373 e. The molecule has 20 nitrogen and oxygen atoms in total. The Morgan fingerprint density at radius 2 is 1.04 bits per heavy atom. The van der Waals surface area contributed by atoms with Crippen molar-refractivity contribution >= 4 is 70.7 Å². The number of carbonyl (C=O) groups is 8. The summed E-state index contributed by atoms with van der Waals surface area (Å²) in [5, 5.41) is 28.6. The minimum absolute atomic E-state index is 0.00508. The molecule has 3 heterocycles. The summed E-state index contributed by atoms with van der Waals surface area (Å²) in [6.45, 7) is 19.8. The van der Waals surface area contributed by atoms with Gasteiger partial charge in [-0.25, -0.2) is 4.79 Å². The molecule has 0 bridgehead atoms. The standard InChI is InChI=1S/C87H105N7O11S.CO2/c1-12-57(4)76(91-75(98)54-88-78(99)71-53-85(103)67-47-33-34-48-68(67)90-82(85)94(71)86(60-35-21-15-22-36-60,61-37-23-16-24-38-61)62-39-25-17-26-40-62)72(95)49-50-74(97)89-69(56-106-87(63-41-27-18-28-42-63,64-43-29-19-30-44-64)65-45-31-20-32-46-65)73(96)51-59(14-3)80(101)93-55-66(104-83(6,7)8)52-70(93)79(100)92-77(58(5)13-2)81(102)105-84(9,10)11;2-1-3/h15-48,57-59,66,69-71,76-77,82,90,103H,12-14,49-56H2,1-11H3,(H,88,99)(H,89,97)(H,91,98)(H,92,100);/t57-,58-,59+,66+,69-,70-,71?,76-,77-,82?,85?;/m0./s1. The van der Waals surface area contributed by atoms with Crippen LogP contribution in [0.4, 0.5) is 5.69 Å². The molecule has 10 rings (SSSR count). The van der Waals surface area contributed by atoms with Gasteiger partial charge < -0.3 is 46.1 Å². The summed E-state index contributed by atoms with van der Waals surface area (Å²) < 4.78 is 11.3. The van der Waals surface area contributed by atoms with Gasteiger partial charge in [-0.15, -0.1) is 11.8 Å². The molecule has 0 saturated carbocycles. The maximum atomic E-state index is 15.6. The maximum absolute atomic E-state index is 15.6. The number of ether oxygens (including phenoxy) is 2. The Bertz CT molecular complexity index is 4080. The molecule has 0 spiro atoms. The zero-order valence-corrected chi connectivity index (χ0v) is 65.1. The Morgan fingerprint density at radius 1 is 0.569 bits per heavy atom. The number of benzene rings is 7. The number of likely N-dealkylation sites (tertiary alicyclic amines) is 2. The number of anilines is 1. The Morgan fingerprint density at radius 3 is 1.50 bits per heavy atom. The van der Waals surface area contributed by atoms with Gasteiger partial charge in [0.25, 0.3) is 0 Å². The van der Waals surface area contributed by atoms with Crippen LogP contribution in [0.5, 0.6) is 0 Å². The molecule has 3 aliphatic heterocycles. The number of Topliss-reactive ketones (excluding diaryl/α,β-unsaturated/α-hetero) is 2. The van der Waals surface area contributed by atoms with Gasteiger partial charge in [0.2, 0.25) is 29.5 Å². The van der Waals surface area contributed by atoms with Gasteiger partial charge in [0.1, 0.15) is 29.5 Å². The number of carbonyl (C=O) groups excluding carboxylic acids is 10. The molecule has 0 radical (unpaired) electrons. The molecule has 109 heavy (non-hydrogen) atoms. The van der Waals surface area contributed by atoms with E-state index in [-0.39, 0.29) is 62.9 Å². The van der Waals surface area contributed by atoms with Gasteiger partial charge in [-0.3, -0.25) is 38.5 Å². The van der Waals surface area contributed by atoms with Crippen LogP contribution < -0.4 is 26.6 Å². The van der Waals surface area contributed by atoms with Crippen LogP contribution >= 0.6 is 11.8 Å². The predicted octanol–water partition coefficient (Wildman–Crippen LogP) is 12.0. The van der Waals surface area contributed by atoms with Gasteiger partial charge in [0, 0.05) is 61.6 Å². The Kier molecular flexibility index (Phi) is 28.2. The minimum atomic E-state index is -1.57. The third kappa shape index (κ3) is 19.4. The van der Waals surface area contributed by atoms with Gasteiger partial charge in [0.15, 0.2) is 11.6 Å². The van der Waals surface area contributed by atoms with Crippen LogP contribution in [0.2, 0.25) is 0 Å². The highest BCUT2D eigenvalue weighted by Gasteiger charge is 2.65. The number of esters is 1. The van der Waals surface area contributed by atoms with Crippen LogP contribution in [-0.4, -0.2) is 141 Å². The van der Waals surface area contributed by atoms with Crippen LogP contribution in [0.25, 0.3) is 0 Å². The fraction of sp³-hybridized carbons (Fsp3) is 0.420. The number of nitrogens with zero attached hydrogens (tertiary/aromatic N) is 2. The summed E-state index contributed by atoms with van der Waals surface area (Å²) in [6, 6.07) is 61.5. The molecule has 3 aliphatic rings. The third-order valence-electron chi connectivity index (χ3n) is 21.0. The Hall–Kier alpha value is -9.89. The van der Waals surface area contributed by atoms with Gasteiger partial charge in [-0.2, -0.15) is 9.59 Å². The Balaban J connectivity index is 0.00000449. The zero-order valence-electron chi connectivity index (χ0n) is 64.3. The topological polar surface area (TPSA) is 276 Å². The van der Waals surface area contributed by atoms with E-state index in [4.69, 9.17) is 19.1 Å². The first-order valence-corrected chi connectivity index (χ1v) is 38.8. The van der Waals surface area contributed by atoms with Crippen molar-refractivity contribution in [3.8, 4) is 0 Å². The number of aliphatic hydroxyl groups is 1. The van der Waals surface area contributed by atoms with E-state index >= 15 is 14.4 Å². The molecule has 5 amide bonds. The first kappa shape index (κ1) is 83.2. The van der Waals surface area contributed by atoms with Crippen LogP contribution in [0, 0.1) is 17.8 Å². The number of fused-ring (bicyclic) bond motifs is 3. The summed E-state index contributed by atoms with van der Waals surface area (Å²) >= 11 is 1.46. The second-order valence-electron chi connectivity index (χ2n) is 30.6. The van der Waals surface area contributed by atoms with Crippen LogP contribution in [0.15, 0.2) is 206 Å². The van der Waals surface area contributed by atoms with Crippen molar-refractivity contribution in [3.63, 3.8) is 0 Å². The lowest BCUT2D eigenvalue weighted by atomic mass is 9.74. The SMILES string of the molecule is CC[C@H](CC(=O)[C@H](CSC(c1ccccc1)(c1ccccc1)c1ccccc1)NC(=O)CCC(=O)[C@@H](NC(=O)CNC(=O)C1CC2(O)c3ccccc3NC2N1C(c1ccccc1)(c1ccccc1)c1ccccc1)[C@@H](C)CC)C(=O)N1C[C@H](OC(C)(C)C)C[C@H]1C(=O)N[C@H](C(=O)OC(C)(C)C)[C@@H](C)CC.O=C=O. The molecule has 0 aliphatic carbocycles. The van der Waals surface area contributed by atoms with Crippen molar-refractivity contribution < 1.29 is 62.5 Å². The summed E-state index contributed by atoms with van der Waals surface area (Å²) in [5.41, 5.74) is 2.41. The summed E-state index contributed by atoms with van der Waals surface area (Å²) in [6.07, 6.45) is -0.859. The fourth-order valence-electron chi connectivity index (χ4n) is 15.4. The van der Waals surface area contributed by atoms with E-state index in [0.29, 0.717) is 18.4 Å². The van der Waals surface area contributed by atoms with E-state index in [9.17, 15) is 29.1 Å². The molecular formula is C88H105N7O13S.